The molecule has 0 radical (unpaired) electrons. The number of para-hydroxylation sites is 1. The monoisotopic (exact) mass is 247 g/mol. The van der Waals surface area contributed by atoms with Gasteiger partial charge in [0.1, 0.15) is 0 Å². The topological polar surface area (TPSA) is 67.0 Å². The number of nitrogens with zero attached hydrogens (tertiary/aromatic N) is 1. The van der Waals surface area contributed by atoms with E-state index in [1.165, 1.54) is 12.7 Å². The summed E-state index contributed by atoms with van der Waals surface area (Å²) in [5, 5.41) is 2.54. The molecule has 0 fully saturated rings. The number of rotatable bonds is 4. The predicted octanol–water partition coefficient (Wildman–Crippen LogP) is 3.08. The second kappa shape index (κ2) is 5.53. The highest BCUT2D eigenvalue weighted by Gasteiger charge is 2.09. The van der Waals surface area contributed by atoms with Gasteiger partial charge < -0.3 is 9.72 Å². The van der Waals surface area contributed by atoms with Gasteiger partial charge in [-0.05, 0) is 24.5 Å². The summed E-state index contributed by atoms with van der Waals surface area (Å²) in [7, 11) is 1.32. The number of aryl methyl sites for hydroxylation is 1. The molecule has 1 heterocycles. The summed E-state index contributed by atoms with van der Waals surface area (Å²) in [5.41, 5.74) is 3.04. The Morgan fingerprint density at radius 2 is 2.33 bits per heavy atom. The van der Waals surface area contributed by atoms with Crippen LogP contribution in [0.3, 0.4) is 0 Å². The van der Waals surface area contributed by atoms with Gasteiger partial charge in [0, 0.05) is 0 Å². The SMILES string of the molecule is CCCCc1cccc2[nH]c(NC(=O)OC)nc12. The lowest BCUT2D eigenvalue weighted by atomic mass is 10.1. The molecule has 0 aliphatic carbocycles. The first-order chi connectivity index (χ1) is 8.74. The minimum absolute atomic E-state index is 0.417. The van der Waals surface area contributed by atoms with Gasteiger partial charge in [0.2, 0.25) is 5.95 Å². The standard InChI is InChI=1S/C13H17N3O2/c1-3-4-6-9-7-5-8-10-11(9)15-12(14-10)16-13(17)18-2/h5,7-8H,3-4,6H2,1-2H3,(H2,14,15,16,17). The molecule has 5 nitrogen and oxygen atoms in total. The fourth-order valence-corrected chi connectivity index (χ4v) is 1.87. The smallest absolute Gasteiger partial charge is 0.413 e. The number of fused-ring (bicyclic) bond motifs is 1. The van der Waals surface area contributed by atoms with Crippen LogP contribution in [-0.4, -0.2) is 23.2 Å². The lowest BCUT2D eigenvalue weighted by molar-refractivity contribution is 0.186. The van der Waals surface area contributed by atoms with Crippen LogP contribution >= 0.6 is 0 Å². The molecule has 1 aromatic carbocycles. The van der Waals surface area contributed by atoms with Crippen molar-refractivity contribution in [2.75, 3.05) is 12.4 Å². The normalized spacial score (nSPS) is 10.6. The number of ether oxygens (including phenoxy) is 1. The van der Waals surface area contributed by atoms with Crippen molar-refractivity contribution in [3.63, 3.8) is 0 Å². The molecular formula is C13H17N3O2. The molecule has 96 valence electrons. The number of benzene rings is 1. The Morgan fingerprint density at radius 3 is 3.06 bits per heavy atom. The number of hydrogen-bond acceptors (Lipinski definition) is 3. The van der Waals surface area contributed by atoms with Gasteiger partial charge in [-0.15, -0.1) is 0 Å². The lowest BCUT2D eigenvalue weighted by Crippen LogP contribution is -2.11. The third-order valence-electron chi connectivity index (χ3n) is 2.80. The van der Waals surface area contributed by atoms with Gasteiger partial charge in [0.15, 0.2) is 0 Å². The van der Waals surface area contributed by atoms with Crippen molar-refractivity contribution in [3.8, 4) is 0 Å². The van der Waals surface area contributed by atoms with Crippen molar-refractivity contribution < 1.29 is 9.53 Å². The molecule has 2 rings (SSSR count). The van der Waals surface area contributed by atoms with Crippen molar-refractivity contribution in [3.05, 3.63) is 23.8 Å². The summed E-state index contributed by atoms with van der Waals surface area (Å²) < 4.78 is 4.54. The van der Waals surface area contributed by atoms with Crippen molar-refractivity contribution in [1.82, 2.24) is 9.97 Å². The Hall–Kier alpha value is -2.04. The average molecular weight is 247 g/mol. The maximum atomic E-state index is 11.1. The lowest BCUT2D eigenvalue weighted by Gasteiger charge is -1.99. The van der Waals surface area contributed by atoms with E-state index in [0.29, 0.717) is 5.95 Å². The first-order valence-corrected chi connectivity index (χ1v) is 6.07. The van der Waals surface area contributed by atoms with Crippen LogP contribution in [0.25, 0.3) is 11.0 Å². The summed E-state index contributed by atoms with van der Waals surface area (Å²) in [6.45, 7) is 2.16. The summed E-state index contributed by atoms with van der Waals surface area (Å²) in [6, 6.07) is 6.01. The van der Waals surface area contributed by atoms with Gasteiger partial charge >= 0.3 is 6.09 Å². The number of amides is 1. The average Bonchev–Trinajstić information content (AvgIpc) is 2.78. The summed E-state index contributed by atoms with van der Waals surface area (Å²) in [4.78, 5) is 18.6. The van der Waals surface area contributed by atoms with Gasteiger partial charge in [-0.2, -0.15) is 0 Å². The zero-order chi connectivity index (χ0) is 13.0. The maximum Gasteiger partial charge on any atom is 0.413 e. The van der Waals surface area contributed by atoms with Crippen LogP contribution in [-0.2, 0) is 11.2 Å². The molecular weight excluding hydrogens is 230 g/mol. The molecule has 2 N–H and O–H groups in total. The Bertz CT molecular complexity index is 548. The molecule has 2 aromatic rings. The number of aromatic amines is 1. The Balaban J connectivity index is 2.29. The number of unbranched alkanes of at least 4 members (excludes halogenated alkanes) is 1. The molecule has 0 atom stereocenters. The molecule has 0 spiro atoms. The van der Waals surface area contributed by atoms with E-state index in [1.807, 2.05) is 12.1 Å². The van der Waals surface area contributed by atoms with Crippen LogP contribution in [0.1, 0.15) is 25.3 Å². The van der Waals surface area contributed by atoms with Crippen LogP contribution in [0, 0.1) is 0 Å². The molecule has 18 heavy (non-hydrogen) atoms. The summed E-state index contributed by atoms with van der Waals surface area (Å²) in [5.74, 6) is 0.417. The van der Waals surface area contributed by atoms with Crippen LogP contribution in [0.15, 0.2) is 18.2 Å². The van der Waals surface area contributed by atoms with E-state index in [9.17, 15) is 4.79 Å². The number of nitrogens with one attached hydrogen (secondary N) is 2. The molecule has 0 unspecified atom stereocenters. The minimum Gasteiger partial charge on any atom is -0.453 e. The maximum absolute atomic E-state index is 11.1. The first-order valence-electron chi connectivity index (χ1n) is 6.07. The molecule has 1 aromatic heterocycles. The summed E-state index contributed by atoms with van der Waals surface area (Å²) >= 11 is 0. The predicted molar refractivity (Wildman–Crippen MR) is 70.7 cm³/mol. The van der Waals surface area contributed by atoms with Crippen molar-refractivity contribution in [2.24, 2.45) is 0 Å². The quantitative estimate of drug-likeness (QED) is 0.872. The Labute approximate surface area is 106 Å². The van der Waals surface area contributed by atoms with E-state index in [0.717, 1.165) is 30.3 Å². The third kappa shape index (κ3) is 2.61. The largest absolute Gasteiger partial charge is 0.453 e. The number of H-pyrrole nitrogens is 1. The van der Waals surface area contributed by atoms with Crippen LogP contribution in [0.5, 0.6) is 0 Å². The van der Waals surface area contributed by atoms with Crippen LogP contribution < -0.4 is 5.32 Å². The van der Waals surface area contributed by atoms with Crippen LogP contribution in [0.2, 0.25) is 0 Å². The fourth-order valence-electron chi connectivity index (χ4n) is 1.87. The highest BCUT2D eigenvalue weighted by molar-refractivity contribution is 5.87. The molecule has 0 aliphatic rings. The molecule has 1 amide bonds. The molecule has 0 saturated heterocycles. The molecule has 0 saturated carbocycles. The molecule has 5 heteroatoms. The highest BCUT2D eigenvalue weighted by atomic mass is 16.5. The zero-order valence-corrected chi connectivity index (χ0v) is 10.6. The van der Waals surface area contributed by atoms with Gasteiger partial charge in [0.05, 0.1) is 18.1 Å². The van der Waals surface area contributed by atoms with Crippen molar-refractivity contribution in [1.29, 1.82) is 0 Å². The first kappa shape index (κ1) is 12.4. The highest BCUT2D eigenvalue weighted by Crippen LogP contribution is 2.20. The number of methoxy groups -OCH3 is 1. The van der Waals surface area contributed by atoms with E-state index in [1.54, 1.807) is 0 Å². The number of imidazole rings is 1. The number of anilines is 1. The Kier molecular flexibility index (Phi) is 3.82. The number of carbonyl (C=O) groups is 1. The van der Waals surface area contributed by atoms with Crippen molar-refractivity contribution in [2.45, 2.75) is 26.2 Å². The van der Waals surface area contributed by atoms with Crippen LogP contribution in [0.4, 0.5) is 10.7 Å². The Morgan fingerprint density at radius 1 is 1.50 bits per heavy atom. The molecule has 0 bridgehead atoms. The van der Waals surface area contributed by atoms with E-state index in [-0.39, 0.29) is 0 Å². The van der Waals surface area contributed by atoms with Gasteiger partial charge in [0.25, 0.3) is 0 Å². The second-order valence-corrected chi connectivity index (χ2v) is 4.12. The zero-order valence-electron chi connectivity index (χ0n) is 10.6. The number of hydrogen-bond donors (Lipinski definition) is 2. The van der Waals surface area contributed by atoms with E-state index < -0.39 is 6.09 Å². The number of aromatic nitrogens is 2. The minimum atomic E-state index is -0.524. The van der Waals surface area contributed by atoms with E-state index in [4.69, 9.17) is 0 Å². The van der Waals surface area contributed by atoms with E-state index >= 15 is 0 Å². The second-order valence-electron chi connectivity index (χ2n) is 4.12. The van der Waals surface area contributed by atoms with Gasteiger partial charge in [-0.3, -0.25) is 5.32 Å². The summed E-state index contributed by atoms with van der Waals surface area (Å²) in [6.07, 6.45) is 2.75. The van der Waals surface area contributed by atoms with Crippen molar-refractivity contribution >= 4 is 23.1 Å². The van der Waals surface area contributed by atoms with E-state index in [2.05, 4.69) is 33.0 Å². The third-order valence-corrected chi connectivity index (χ3v) is 2.80. The number of carbonyl (C=O) groups excluding carboxylic acids is 1. The van der Waals surface area contributed by atoms with Gasteiger partial charge in [-0.25, -0.2) is 9.78 Å². The fraction of sp³-hybridized carbons (Fsp3) is 0.385. The van der Waals surface area contributed by atoms with Gasteiger partial charge in [-0.1, -0.05) is 25.5 Å². The molecule has 0 aliphatic heterocycles.